The molecule has 92 valence electrons. The van der Waals surface area contributed by atoms with E-state index in [0.29, 0.717) is 18.0 Å². The summed E-state index contributed by atoms with van der Waals surface area (Å²) < 4.78 is 0. The fourth-order valence-corrected chi connectivity index (χ4v) is 2.34. The quantitative estimate of drug-likeness (QED) is 0.810. The monoisotopic (exact) mass is 235 g/mol. The number of phenolic OH excluding ortho intramolecular Hbond substituents is 1. The minimum Gasteiger partial charge on any atom is -0.508 e. The standard InChI is InChI=1S/C13H17NO3/c1-9-5-6-14(12(9)8-15)13(17)10-3-2-4-11(16)7-10/h2-4,7,9,12,15-16H,5-6,8H2,1H3. The van der Waals surface area contributed by atoms with Crippen molar-refractivity contribution in [3.63, 3.8) is 0 Å². The second-order valence-electron chi connectivity index (χ2n) is 4.56. The molecule has 0 aliphatic carbocycles. The van der Waals surface area contributed by atoms with E-state index >= 15 is 0 Å². The van der Waals surface area contributed by atoms with Gasteiger partial charge in [0.15, 0.2) is 0 Å². The number of benzene rings is 1. The van der Waals surface area contributed by atoms with Crippen LogP contribution in [0.15, 0.2) is 24.3 Å². The highest BCUT2D eigenvalue weighted by Crippen LogP contribution is 2.25. The van der Waals surface area contributed by atoms with Crippen LogP contribution < -0.4 is 0 Å². The molecule has 1 aliphatic rings. The molecule has 4 heteroatoms. The highest BCUT2D eigenvalue weighted by molar-refractivity contribution is 5.95. The molecule has 17 heavy (non-hydrogen) atoms. The number of aromatic hydroxyl groups is 1. The predicted molar refractivity (Wildman–Crippen MR) is 63.8 cm³/mol. The summed E-state index contributed by atoms with van der Waals surface area (Å²) in [5.41, 5.74) is 0.470. The minimum atomic E-state index is -0.121. The van der Waals surface area contributed by atoms with Gasteiger partial charge in [-0.3, -0.25) is 4.79 Å². The molecular weight excluding hydrogens is 218 g/mol. The van der Waals surface area contributed by atoms with E-state index in [-0.39, 0.29) is 24.3 Å². The van der Waals surface area contributed by atoms with E-state index in [0.717, 1.165) is 6.42 Å². The molecule has 0 bridgehead atoms. The first-order valence-electron chi connectivity index (χ1n) is 5.84. The Kier molecular flexibility index (Phi) is 3.33. The van der Waals surface area contributed by atoms with Crippen LogP contribution in [0.5, 0.6) is 5.75 Å². The van der Waals surface area contributed by atoms with Gasteiger partial charge in [0, 0.05) is 12.1 Å². The fraction of sp³-hybridized carbons (Fsp3) is 0.462. The summed E-state index contributed by atoms with van der Waals surface area (Å²) in [5.74, 6) is 0.286. The molecule has 0 radical (unpaired) electrons. The highest BCUT2D eigenvalue weighted by Gasteiger charge is 2.34. The molecule has 1 fully saturated rings. The third-order valence-corrected chi connectivity index (χ3v) is 3.42. The van der Waals surface area contributed by atoms with Crippen molar-refractivity contribution in [3.8, 4) is 5.75 Å². The number of hydrogen-bond acceptors (Lipinski definition) is 3. The van der Waals surface area contributed by atoms with E-state index in [1.54, 1.807) is 17.0 Å². The summed E-state index contributed by atoms with van der Waals surface area (Å²) in [6.45, 7) is 2.70. The van der Waals surface area contributed by atoms with Crippen molar-refractivity contribution in [2.24, 2.45) is 5.92 Å². The summed E-state index contributed by atoms with van der Waals surface area (Å²) in [6, 6.07) is 6.21. The Morgan fingerprint density at radius 3 is 2.94 bits per heavy atom. The molecule has 2 unspecified atom stereocenters. The van der Waals surface area contributed by atoms with Gasteiger partial charge in [0.1, 0.15) is 5.75 Å². The number of aliphatic hydroxyl groups is 1. The van der Waals surface area contributed by atoms with Crippen LogP contribution in [0.4, 0.5) is 0 Å². The molecule has 2 atom stereocenters. The lowest BCUT2D eigenvalue weighted by atomic mass is 10.0. The van der Waals surface area contributed by atoms with Crippen molar-refractivity contribution in [2.75, 3.05) is 13.2 Å². The molecule has 2 N–H and O–H groups in total. The normalized spacial score (nSPS) is 24.0. The number of amides is 1. The second kappa shape index (κ2) is 4.75. The molecule has 1 aromatic carbocycles. The fourth-order valence-electron chi connectivity index (χ4n) is 2.34. The van der Waals surface area contributed by atoms with Gasteiger partial charge >= 0.3 is 0 Å². The van der Waals surface area contributed by atoms with Crippen LogP contribution in [0.25, 0.3) is 0 Å². The van der Waals surface area contributed by atoms with Crippen molar-refractivity contribution < 1.29 is 15.0 Å². The molecule has 1 saturated heterocycles. The SMILES string of the molecule is CC1CCN(C(=O)c2cccc(O)c2)C1CO. The van der Waals surface area contributed by atoms with E-state index in [1.807, 2.05) is 6.92 Å². The van der Waals surface area contributed by atoms with Crippen LogP contribution in [0.1, 0.15) is 23.7 Å². The molecule has 2 rings (SSSR count). The number of carbonyl (C=O) groups excluding carboxylic acids is 1. The third-order valence-electron chi connectivity index (χ3n) is 3.42. The zero-order chi connectivity index (χ0) is 12.4. The maximum atomic E-state index is 12.2. The topological polar surface area (TPSA) is 60.8 Å². The van der Waals surface area contributed by atoms with Crippen molar-refractivity contribution in [1.29, 1.82) is 0 Å². The van der Waals surface area contributed by atoms with Gasteiger partial charge in [-0.2, -0.15) is 0 Å². The van der Waals surface area contributed by atoms with Crippen LogP contribution in [0.3, 0.4) is 0 Å². The van der Waals surface area contributed by atoms with Crippen LogP contribution in [0, 0.1) is 5.92 Å². The number of nitrogens with zero attached hydrogens (tertiary/aromatic N) is 1. The lowest BCUT2D eigenvalue weighted by Gasteiger charge is -2.25. The second-order valence-corrected chi connectivity index (χ2v) is 4.56. The van der Waals surface area contributed by atoms with Crippen molar-refractivity contribution >= 4 is 5.91 Å². The van der Waals surface area contributed by atoms with Gasteiger partial charge in [-0.1, -0.05) is 13.0 Å². The minimum absolute atomic E-state index is 0.00821. The third kappa shape index (κ3) is 2.26. The number of carbonyl (C=O) groups is 1. The molecule has 4 nitrogen and oxygen atoms in total. The van der Waals surface area contributed by atoms with Gasteiger partial charge in [-0.05, 0) is 30.5 Å². The van der Waals surface area contributed by atoms with Crippen LogP contribution >= 0.6 is 0 Å². The van der Waals surface area contributed by atoms with Gasteiger partial charge in [-0.25, -0.2) is 0 Å². The number of rotatable bonds is 2. The summed E-state index contributed by atoms with van der Waals surface area (Å²) in [6.07, 6.45) is 0.912. The van der Waals surface area contributed by atoms with E-state index in [1.165, 1.54) is 12.1 Å². The first-order valence-corrected chi connectivity index (χ1v) is 5.84. The van der Waals surface area contributed by atoms with Gasteiger partial charge in [0.2, 0.25) is 0 Å². The molecule has 0 aromatic heterocycles. The van der Waals surface area contributed by atoms with E-state index in [4.69, 9.17) is 0 Å². The van der Waals surface area contributed by atoms with Gasteiger partial charge in [0.05, 0.1) is 12.6 Å². The summed E-state index contributed by atoms with van der Waals surface area (Å²) >= 11 is 0. The Balaban J connectivity index is 2.20. The average Bonchev–Trinajstić information content (AvgIpc) is 2.69. The Labute approximate surface area is 100 Å². The first-order chi connectivity index (χ1) is 8.13. The van der Waals surface area contributed by atoms with Crippen LogP contribution in [-0.4, -0.2) is 40.2 Å². The highest BCUT2D eigenvalue weighted by atomic mass is 16.3. The number of hydrogen-bond donors (Lipinski definition) is 2. The Morgan fingerprint density at radius 1 is 1.53 bits per heavy atom. The molecular formula is C13H17NO3. The zero-order valence-corrected chi connectivity index (χ0v) is 9.84. The average molecular weight is 235 g/mol. The molecule has 1 heterocycles. The van der Waals surface area contributed by atoms with Gasteiger partial charge < -0.3 is 15.1 Å². The molecule has 0 spiro atoms. The Morgan fingerprint density at radius 2 is 2.29 bits per heavy atom. The summed E-state index contributed by atoms with van der Waals surface area (Å²) in [4.78, 5) is 13.9. The Hall–Kier alpha value is -1.55. The predicted octanol–water partition coefficient (Wildman–Crippen LogP) is 1.24. The summed E-state index contributed by atoms with van der Waals surface area (Å²) in [7, 11) is 0. The molecule has 1 aromatic rings. The maximum Gasteiger partial charge on any atom is 0.254 e. The van der Waals surface area contributed by atoms with Crippen molar-refractivity contribution in [2.45, 2.75) is 19.4 Å². The van der Waals surface area contributed by atoms with Crippen molar-refractivity contribution in [1.82, 2.24) is 4.90 Å². The summed E-state index contributed by atoms with van der Waals surface area (Å²) in [5, 5.41) is 18.7. The van der Waals surface area contributed by atoms with E-state index in [2.05, 4.69) is 0 Å². The molecule has 0 saturated carbocycles. The van der Waals surface area contributed by atoms with E-state index < -0.39 is 0 Å². The maximum absolute atomic E-state index is 12.2. The lowest BCUT2D eigenvalue weighted by Crippen LogP contribution is -2.39. The zero-order valence-electron chi connectivity index (χ0n) is 9.84. The Bertz CT molecular complexity index is 419. The van der Waals surface area contributed by atoms with Crippen molar-refractivity contribution in [3.05, 3.63) is 29.8 Å². The van der Waals surface area contributed by atoms with Crippen LogP contribution in [0.2, 0.25) is 0 Å². The van der Waals surface area contributed by atoms with Gasteiger partial charge in [0.25, 0.3) is 5.91 Å². The lowest BCUT2D eigenvalue weighted by molar-refractivity contribution is 0.0648. The first kappa shape index (κ1) is 11.9. The van der Waals surface area contributed by atoms with Crippen LogP contribution in [-0.2, 0) is 0 Å². The number of aliphatic hydroxyl groups excluding tert-OH is 1. The number of likely N-dealkylation sites (tertiary alicyclic amines) is 1. The smallest absolute Gasteiger partial charge is 0.254 e. The molecule has 1 amide bonds. The number of phenols is 1. The molecule has 1 aliphatic heterocycles. The van der Waals surface area contributed by atoms with Gasteiger partial charge in [-0.15, -0.1) is 0 Å². The van der Waals surface area contributed by atoms with E-state index in [9.17, 15) is 15.0 Å². The largest absolute Gasteiger partial charge is 0.508 e.